The van der Waals surface area contributed by atoms with Crippen molar-refractivity contribution in [3.63, 3.8) is 0 Å². The average Bonchev–Trinajstić information content (AvgIpc) is 2.48. The smallest absolute Gasteiger partial charge is 0.228 e. The molecule has 23 heavy (non-hydrogen) atoms. The molecule has 1 unspecified atom stereocenters. The van der Waals surface area contributed by atoms with Crippen molar-refractivity contribution in [1.82, 2.24) is 15.0 Å². The van der Waals surface area contributed by atoms with Gasteiger partial charge in [-0.1, -0.05) is 37.6 Å². The quantitative estimate of drug-likeness (QED) is 0.807. The minimum Gasteiger partial charge on any atom is -0.375 e. The number of anilines is 2. The second-order valence-corrected chi connectivity index (χ2v) is 6.15. The predicted molar refractivity (Wildman–Crippen MR) is 92.5 cm³/mol. The second kappa shape index (κ2) is 8.08. The van der Waals surface area contributed by atoms with Gasteiger partial charge in [0.25, 0.3) is 0 Å². The Morgan fingerprint density at radius 3 is 2.48 bits per heavy atom. The van der Waals surface area contributed by atoms with Crippen LogP contribution >= 0.6 is 11.6 Å². The van der Waals surface area contributed by atoms with Gasteiger partial charge in [0.1, 0.15) is 5.82 Å². The fourth-order valence-electron chi connectivity index (χ4n) is 1.93. The number of hydrogen-bond acceptors (Lipinski definition) is 6. The summed E-state index contributed by atoms with van der Waals surface area (Å²) in [6, 6.07) is 7.64. The van der Waals surface area contributed by atoms with Crippen LogP contribution in [0.25, 0.3) is 0 Å². The Morgan fingerprint density at radius 1 is 1.13 bits per heavy atom. The van der Waals surface area contributed by atoms with E-state index in [2.05, 4.69) is 20.3 Å². The van der Waals surface area contributed by atoms with Crippen LogP contribution in [-0.2, 0) is 11.3 Å². The van der Waals surface area contributed by atoms with Crippen LogP contribution in [0.3, 0.4) is 0 Å². The first-order valence-electron chi connectivity index (χ1n) is 7.54. The molecule has 0 saturated carbocycles. The average molecular weight is 336 g/mol. The van der Waals surface area contributed by atoms with Crippen molar-refractivity contribution < 1.29 is 4.74 Å². The highest BCUT2D eigenvalue weighted by atomic mass is 35.5. The summed E-state index contributed by atoms with van der Waals surface area (Å²) in [5, 5.41) is 3.90. The van der Waals surface area contributed by atoms with E-state index < -0.39 is 0 Å². The van der Waals surface area contributed by atoms with Crippen molar-refractivity contribution in [1.29, 1.82) is 0 Å². The molecule has 0 amide bonds. The first kappa shape index (κ1) is 17.4. The molecule has 0 spiro atoms. The highest BCUT2D eigenvalue weighted by molar-refractivity contribution is 6.30. The van der Waals surface area contributed by atoms with Gasteiger partial charge < -0.3 is 15.8 Å². The van der Waals surface area contributed by atoms with Crippen LogP contribution < -0.4 is 11.1 Å². The van der Waals surface area contributed by atoms with E-state index in [0.29, 0.717) is 25.0 Å². The normalized spacial score (nSPS) is 12.4. The highest BCUT2D eigenvalue weighted by Crippen LogP contribution is 2.13. The van der Waals surface area contributed by atoms with E-state index in [1.54, 1.807) is 0 Å². The number of aromatic nitrogens is 3. The molecule has 1 atom stereocenters. The second-order valence-electron chi connectivity index (χ2n) is 5.72. The molecule has 0 saturated heterocycles. The number of hydrogen-bond donors (Lipinski definition) is 2. The van der Waals surface area contributed by atoms with Crippen LogP contribution in [0.15, 0.2) is 24.3 Å². The Labute approximate surface area is 141 Å². The van der Waals surface area contributed by atoms with Gasteiger partial charge in [-0.3, -0.25) is 0 Å². The fourth-order valence-corrected chi connectivity index (χ4v) is 2.05. The summed E-state index contributed by atoms with van der Waals surface area (Å²) in [6.07, 6.45) is 0. The molecule has 3 N–H and O–H groups in total. The Morgan fingerprint density at radius 2 is 1.83 bits per heavy atom. The standard InChI is InChI=1S/C16H22ClN5O/c1-10(2)14-20-15(18)22-16(21-14)19-11(3)8-23-9-12-4-6-13(17)7-5-12/h4-7,10-11H,8-9H2,1-3H3,(H3,18,19,20,21,22). The molecular weight excluding hydrogens is 314 g/mol. The summed E-state index contributed by atoms with van der Waals surface area (Å²) < 4.78 is 5.69. The van der Waals surface area contributed by atoms with E-state index in [9.17, 15) is 0 Å². The Kier molecular flexibility index (Phi) is 6.12. The monoisotopic (exact) mass is 335 g/mol. The van der Waals surface area contributed by atoms with Gasteiger partial charge >= 0.3 is 0 Å². The van der Waals surface area contributed by atoms with Crippen LogP contribution in [-0.4, -0.2) is 27.6 Å². The van der Waals surface area contributed by atoms with Gasteiger partial charge in [0.05, 0.1) is 13.2 Å². The highest BCUT2D eigenvalue weighted by Gasteiger charge is 2.10. The van der Waals surface area contributed by atoms with Crippen LogP contribution in [0.2, 0.25) is 5.02 Å². The molecule has 0 aliphatic rings. The molecule has 0 bridgehead atoms. The van der Waals surface area contributed by atoms with Crippen molar-refractivity contribution >= 4 is 23.5 Å². The van der Waals surface area contributed by atoms with E-state index in [1.165, 1.54) is 0 Å². The topological polar surface area (TPSA) is 86.0 Å². The number of nitrogens with two attached hydrogens (primary N) is 1. The van der Waals surface area contributed by atoms with Gasteiger partial charge in [-0.15, -0.1) is 0 Å². The van der Waals surface area contributed by atoms with Gasteiger partial charge in [0.15, 0.2) is 0 Å². The van der Waals surface area contributed by atoms with Gasteiger partial charge in [0, 0.05) is 17.0 Å². The molecule has 1 aromatic heterocycles. The summed E-state index contributed by atoms with van der Waals surface area (Å²) in [6.45, 7) is 7.07. The number of ether oxygens (including phenoxy) is 1. The van der Waals surface area contributed by atoms with Crippen molar-refractivity contribution in [3.8, 4) is 0 Å². The maximum Gasteiger partial charge on any atom is 0.228 e. The van der Waals surface area contributed by atoms with Crippen molar-refractivity contribution in [2.24, 2.45) is 0 Å². The van der Waals surface area contributed by atoms with E-state index in [1.807, 2.05) is 45.0 Å². The van der Waals surface area contributed by atoms with Crippen molar-refractivity contribution in [2.45, 2.75) is 39.3 Å². The molecule has 1 heterocycles. The lowest BCUT2D eigenvalue weighted by molar-refractivity contribution is 0.115. The Hall–Kier alpha value is -1.92. The van der Waals surface area contributed by atoms with E-state index >= 15 is 0 Å². The lowest BCUT2D eigenvalue weighted by Gasteiger charge is -2.15. The molecule has 7 heteroatoms. The summed E-state index contributed by atoms with van der Waals surface area (Å²) in [5.74, 6) is 1.57. The zero-order chi connectivity index (χ0) is 16.8. The maximum atomic E-state index is 5.85. The summed E-state index contributed by atoms with van der Waals surface area (Å²) in [5.41, 5.74) is 6.79. The van der Waals surface area contributed by atoms with E-state index in [-0.39, 0.29) is 17.9 Å². The molecule has 6 nitrogen and oxygen atoms in total. The number of halogens is 1. The lowest BCUT2D eigenvalue weighted by Crippen LogP contribution is -2.24. The summed E-state index contributed by atoms with van der Waals surface area (Å²) >= 11 is 5.85. The van der Waals surface area contributed by atoms with Gasteiger partial charge in [-0.2, -0.15) is 15.0 Å². The fraction of sp³-hybridized carbons (Fsp3) is 0.438. The zero-order valence-corrected chi connectivity index (χ0v) is 14.3. The molecule has 0 fully saturated rings. The first-order chi connectivity index (χ1) is 10.9. The minimum absolute atomic E-state index is 0.0455. The van der Waals surface area contributed by atoms with E-state index in [0.717, 1.165) is 10.6 Å². The molecule has 124 valence electrons. The van der Waals surface area contributed by atoms with Gasteiger partial charge in [-0.25, -0.2) is 0 Å². The van der Waals surface area contributed by atoms with E-state index in [4.69, 9.17) is 22.1 Å². The number of nitrogen functional groups attached to an aromatic ring is 1. The van der Waals surface area contributed by atoms with Crippen LogP contribution in [0, 0.1) is 0 Å². The predicted octanol–water partition coefficient (Wildman–Crippen LogP) is 3.25. The number of rotatable bonds is 7. The number of nitrogens with zero attached hydrogens (tertiary/aromatic N) is 3. The van der Waals surface area contributed by atoms with Crippen molar-refractivity contribution in [2.75, 3.05) is 17.7 Å². The molecule has 1 aromatic carbocycles. The third-order valence-electron chi connectivity index (χ3n) is 3.11. The molecule has 2 rings (SSSR count). The Balaban J connectivity index is 1.84. The third-order valence-corrected chi connectivity index (χ3v) is 3.36. The minimum atomic E-state index is 0.0455. The number of nitrogens with one attached hydrogen (secondary N) is 1. The maximum absolute atomic E-state index is 5.85. The lowest BCUT2D eigenvalue weighted by atomic mass is 10.2. The molecule has 0 aliphatic heterocycles. The molecule has 0 aliphatic carbocycles. The summed E-state index contributed by atoms with van der Waals surface area (Å²) in [4.78, 5) is 12.6. The molecule has 0 radical (unpaired) electrons. The van der Waals surface area contributed by atoms with Crippen molar-refractivity contribution in [3.05, 3.63) is 40.7 Å². The van der Waals surface area contributed by atoms with Crippen LogP contribution in [0.1, 0.15) is 38.1 Å². The Bertz CT molecular complexity index is 633. The third kappa shape index (κ3) is 5.65. The summed E-state index contributed by atoms with van der Waals surface area (Å²) in [7, 11) is 0. The largest absolute Gasteiger partial charge is 0.375 e. The first-order valence-corrected chi connectivity index (χ1v) is 7.92. The van der Waals surface area contributed by atoms with Gasteiger partial charge in [-0.05, 0) is 24.6 Å². The van der Waals surface area contributed by atoms with Crippen LogP contribution in [0.5, 0.6) is 0 Å². The zero-order valence-electron chi connectivity index (χ0n) is 13.6. The SMILES string of the molecule is CC(COCc1ccc(Cl)cc1)Nc1nc(N)nc(C(C)C)n1. The number of benzene rings is 1. The van der Waals surface area contributed by atoms with Crippen LogP contribution in [0.4, 0.5) is 11.9 Å². The molecule has 2 aromatic rings. The molecular formula is C16H22ClN5O. The van der Waals surface area contributed by atoms with Gasteiger partial charge in [0.2, 0.25) is 11.9 Å².